The van der Waals surface area contributed by atoms with Crippen LogP contribution in [0.4, 0.5) is 0 Å². The molecule has 0 saturated heterocycles. The van der Waals surface area contributed by atoms with Crippen LogP contribution in [0.15, 0.2) is 59.6 Å². The van der Waals surface area contributed by atoms with Crippen molar-refractivity contribution in [3.63, 3.8) is 0 Å². The van der Waals surface area contributed by atoms with E-state index in [2.05, 4.69) is 70.2 Å². The van der Waals surface area contributed by atoms with Gasteiger partial charge < -0.3 is 20.1 Å². The van der Waals surface area contributed by atoms with Crippen LogP contribution in [0, 0.1) is 0 Å². The first-order valence-electron chi connectivity index (χ1n) is 10.0. The molecule has 2 aromatic carbocycles. The van der Waals surface area contributed by atoms with E-state index in [0.717, 1.165) is 38.5 Å². The summed E-state index contributed by atoms with van der Waals surface area (Å²) in [5, 5.41) is 6.75. The summed E-state index contributed by atoms with van der Waals surface area (Å²) in [4.78, 5) is 4.30. The molecule has 0 saturated carbocycles. The molecule has 0 amide bonds. The summed E-state index contributed by atoms with van der Waals surface area (Å²) in [5.74, 6) is 0.825. The Kier molecular flexibility index (Phi) is 10.8. The highest BCUT2D eigenvalue weighted by Gasteiger charge is 2.01. The van der Waals surface area contributed by atoms with Gasteiger partial charge in [0.2, 0.25) is 0 Å². The van der Waals surface area contributed by atoms with E-state index in [0.29, 0.717) is 19.8 Å². The fraction of sp³-hybridized carbons (Fsp3) is 0.435. The molecule has 0 aliphatic rings. The van der Waals surface area contributed by atoms with Gasteiger partial charge in [-0.3, -0.25) is 4.99 Å². The predicted molar refractivity (Wildman–Crippen MR) is 116 cm³/mol. The van der Waals surface area contributed by atoms with Crippen LogP contribution in [-0.2, 0) is 29.0 Å². The Morgan fingerprint density at radius 1 is 0.893 bits per heavy atom. The minimum Gasteiger partial charge on any atom is -0.379 e. The minimum atomic E-state index is 0.605. The van der Waals surface area contributed by atoms with Gasteiger partial charge in [-0.25, -0.2) is 0 Å². The molecule has 2 aromatic rings. The fourth-order valence-corrected chi connectivity index (χ4v) is 2.83. The number of guanidine groups is 1. The lowest BCUT2D eigenvalue weighted by Gasteiger charge is -2.13. The molecule has 0 heterocycles. The molecular formula is C23H33N3O2. The molecule has 5 nitrogen and oxygen atoms in total. The number of rotatable bonds is 12. The van der Waals surface area contributed by atoms with Gasteiger partial charge in [-0.05, 0) is 36.5 Å². The normalized spacial score (nSPS) is 11.4. The second-order valence-electron chi connectivity index (χ2n) is 6.51. The number of aliphatic imine (C=N–C) groups is 1. The number of nitrogens with zero attached hydrogens (tertiary/aromatic N) is 1. The third-order valence-electron chi connectivity index (χ3n) is 4.30. The van der Waals surface area contributed by atoms with E-state index >= 15 is 0 Å². The predicted octanol–water partition coefficient (Wildman–Crippen LogP) is 3.54. The molecule has 0 fully saturated rings. The molecule has 0 atom stereocenters. The molecule has 0 aliphatic carbocycles. The van der Waals surface area contributed by atoms with Gasteiger partial charge in [0.25, 0.3) is 0 Å². The third kappa shape index (κ3) is 9.02. The Morgan fingerprint density at radius 2 is 1.64 bits per heavy atom. The molecule has 152 valence electrons. The summed E-state index contributed by atoms with van der Waals surface area (Å²) in [6, 6.07) is 19.0. The lowest BCUT2D eigenvalue weighted by Crippen LogP contribution is -2.37. The van der Waals surface area contributed by atoms with E-state index in [-0.39, 0.29) is 0 Å². The highest BCUT2D eigenvalue weighted by atomic mass is 16.5. The molecule has 2 rings (SSSR count). The van der Waals surface area contributed by atoms with Gasteiger partial charge in [-0.1, -0.05) is 54.6 Å². The molecule has 5 heteroatoms. The fourth-order valence-electron chi connectivity index (χ4n) is 2.83. The maximum atomic E-state index is 5.64. The molecule has 0 spiro atoms. The Morgan fingerprint density at radius 3 is 2.43 bits per heavy atom. The second kappa shape index (κ2) is 13.7. The first-order valence-corrected chi connectivity index (χ1v) is 10.0. The summed E-state index contributed by atoms with van der Waals surface area (Å²) in [7, 11) is 1.80. The van der Waals surface area contributed by atoms with Crippen LogP contribution in [0.2, 0.25) is 0 Å². The lowest BCUT2D eigenvalue weighted by molar-refractivity contribution is 0.0453. The van der Waals surface area contributed by atoms with E-state index in [1.54, 1.807) is 7.05 Å². The van der Waals surface area contributed by atoms with Crippen molar-refractivity contribution >= 4 is 5.96 Å². The zero-order valence-corrected chi connectivity index (χ0v) is 17.1. The molecule has 0 aliphatic heterocycles. The number of nitrogens with one attached hydrogen (secondary N) is 2. The van der Waals surface area contributed by atoms with E-state index in [1.807, 2.05) is 6.92 Å². The highest BCUT2D eigenvalue weighted by molar-refractivity contribution is 5.79. The number of aryl methyl sites for hydroxylation is 1. The smallest absolute Gasteiger partial charge is 0.191 e. The number of benzene rings is 2. The Labute approximate surface area is 169 Å². The van der Waals surface area contributed by atoms with Gasteiger partial charge in [-0.15, -0.1) is 0 Å². The van der Waals surface area contributed by atoms with E-state index in [9.17, 15) is 0 Å². The average Bonchev–Trinajstić information content (AvgIpc) is 2.74. The zero-order valence-electron chi connectivity index (χ0n) is 17.1. The highest BCUT2D eigenvalue weighted by Crippen LogP contribution is 2.07. The van der Waals surface area contributed by atoms with Gasteiger partial charge in [0.05, 0.1) is 19.8 Å². The molecular weight excluding hydrogens is 350 g/mol. The summed E-state index contributed by atoms with van der Waals surface area (Å²) < 4.78 is 10.9. The average molecular weight is 384 g/mol. The van der Waals surface area contributed by atoms with Crippen molar-refractivity contribution in [2.24, 2.45) is 4.99 Å². The van der Waals surface area contributed by atoms with Crippen LogP contribution in [0.3, 0.4) is 0 Å². The maximum absolute atomic E-state index is 5.64. The molecule has 0 aromatic heterocycles. The van der Waals surface area contributed by atoms with Crippen LogP contribution in [0.25, 0.3) is 0 Å². The second-order valence-corrected chi connectivity index (χ2v) is 6.51. The molecule has 0 radical (unpaired) electrons. The topological polar surface area (TPSA) is 54.9 Å². The zero-order chi connectivity index (χ0) is 19.9. The van der Waals surface area contributed by atoms with Gasteiger partial charge in [0.1, 0.15) is 0 Å². The van der Waals surface area contributed by atoms with Crippen molar-refractivity contribution in [2.75, 3.05) is 33.4 Å². The molecule has 0 bridgehead atoms. The van der Waals surface area contributed by atoms with E-state index in [4.69, 9.17) is 9.47 Å². The number of ether oxygens (including phenoxy) is 2. The summed E-state index contributed by atoms with van der Waals surface area (Å²) in [5.41, 5.74) is 3.74. The van der Waals surface area contributed by atoms with Crippen molar-refractivity contribution < 1.29 is 9.47 Å². The summed E-state index contributed by atoms with van der Waals surface area (Å²) in [6.07, 6.45) is 2.13. The molecule has 0 unspecified atom stereocenters. The lowest BCUT2D eigenvalue weighted by atomic mass is 10.1. The van der Waals surface area contributed by atoms with Crippen LogP contribution in [0.1, 0.15) is 30.0 Å². The largest absolute Gasteiger partial charge is 0.379 e. The Balaban J connectivity index is 1.67. The minimum absolute atomic E-state index is 0.605. The standard InChI is InChI=1S/C23H33N3O2/c1-3-27-15-16-28-19-22-12-7-11-21(17-22)18-26-23(24-2)25-14-8-13-20-9-5-4-6-10-20/h4-7,9-12,17H,3,8,13-16,18-19H2,1-2H3,(H2,24,25,26). The monoisotopic (exact) mass is 383 g/mol. The molecule has 28 heavy (non-hydrogen) atoms. The quantitative estimate of drug-likeness (QED) is 0.334. The van der Waals surface area contributed by atoms with Gasteiger partial charge in [0, 0.05) is 26.7 Å². The molecule has 2 N–H and O–H groups in total. The van der Waals surface area contributed by atoms with Crippen LogP contribution in [-0.4, -0.2) is 39.4 Å². The van der Waals surface area contributed by atoms with Crippen molar-refractivity contribution in [2.45, 2.75) is 32.9 Å². The van der Waals surface area contributed by atoms with E-state index < -0.39 is 0 Å². The Hall–Kier alpha value is -2.37. The van der Waals surface area contributed by atoms with Crippen LogP contribution < -0.4 is 10.6 Å². The van der Waals surface area contributed by atoms with Gasteiger partial charge >= 0.3 is 0 Å². The SMILES string of the molecule is CCOCCOCc1cccc(CNC(=NC)NCCCc2ccccc2)c1. The third-order valence-corrected chi connectivity index (χ3v) is 4.30. The van der Waals surface area contributed by atoms with Crippen molar-refractivity contribution in [1.29, 1.82) is 0 Å². The van der Waals surface area contributed by atoms with Crippen molar-refractivity contribution in [3.8, 4) is 0 Å². The maximum Gasteiger partial charge on any atom is 0.191 e. The Bertz CT molecular complexity index is 689. The number of hydrogen-bond donors (Lipinski definition) is 2. The van der Waals surface area contributed by atoms with Crippen LogP contribution >= 0.6 is 0 Å². The van der Waals surface area contributed by atoms with E-state index in [1.165, 1.54) is 16.7 Å². The number of hydrogen-bond acceptors (Lipinski definition) is 3. The van der Waals surface area contributed by atoms with Crippen LogP contribution in [0.5, 0.6) is 0 Å². The van der Waals surface area contributed by atoms with Gasteiger partial charge in [-0.2, -0.15) is 0 Å². The summed E-state index contributed by atoms with van der Waals surface area (Å²) in [6.45, 7) is 6.20. The summed E-state index contributed by atoms with van der Waals surface area (Å²) >= 11 is 0. The first kappa shape index (κ1) is 21.9. The van der Waals surface area contributed by atoms with Crippen molar-refractivity contribution in [1.82, 2.24) is 10.6 Å². The van der Waals surface area contributed by atoms with Crippen molar-refractivity contribution in [3.05, 3.63) is 71.3 Å². The first-order chi connectivity index (χ1) is 13.8. The van der Waals surface area contributed by atoms with Gasteiger partial charge in [0.15, 0.2) is 5.96 Å².